The summed E-state index contributed by atoms with van der Waals surface area (Å²) >= 11 is 0. The van der Waals surface area contributed by atoms with Crippen LogP contribution < -0.4 is 4.90 Å². The molecule has 1 aromatic rings. The molecule has 2 heteroatoms. The maximum atomic E-state index is 2.47. The molecule has 1 aromatic carbocycles. The topological polar surface area (TPSA) is 6.48 Å². The SMILES string of the molecule is Cc1cccc(N2CCN(C)CC2)c1. The molecule has 0 aliphatic carbocycles. The summed E-state index contributed by atoms with van der Waals surface area (Å²) in [6, 6.07) is 8.77. The fourth-order valence-electron chi connectivity index (χ4n) is 1.89. The Hall–Kier alpha value is -1.02. The Morgan fingerprint density at radius 3 is 2.43 bits per heavy atom. The second-order valence-electron chi connectivity index (χ2n) is 4.13. The summed E-state index contributed by atoms with van der Waals surface area (Å²) in [5.41, 5.74) is 2.72. The number of piperazine rings is 1. The minimum atomic E-state index is 1.15. The van der Waals surface area contributed by atoms with Crippen molar-refractivity contribution in [1.29, 1.82) is 0 Å². The maximum Gasteiger partial charge on any atom is 0.0369 e. The third kappa shape index (κ3) is 2.07. The van der Waals surface area contributed by atoms with Gasteiger partial charge < -0.3 is 9.80 Å². The van der Waals surface area contributed by atoms with Gasteiger partial charge in [-0.25, -0.2) is 0 Å². The van der Waals surface area contributed by atoms with Gasteiger partial charge in [0.2, 0.25) is 0 Å². The molecule has 0 unspecified atom stereocenters. The summed E-state index contributed by atoms with van der Waals surface area (Å²) in [7, 11) is 2.19. The Kier molecular flexibility index (Phi) is 2.73. The molecule has 0 aromatic heterocycles. The van der Waals surface area contributed by atoms with Gasteiger partial charge in [0, 0.05) is 31.9 Å². The van der Waals surface area contributed by atoms with Crippen LogP contribution in [-0.4, -0.2) is 38.1 Å². The molecule has 1 fully saturated rings. The van der Waals surface area contributed by atoms with E-state index in [2.05, 4.69) is 48.0 Å². The molecule has 1 aliphatic heterocycles. The van der Waals surface area contributed by atoms with Gasteiger partial charge >= 0.3 is 0 Å². The van der Waals surface area contributed by atoms with Crippen LogP contribution in [0.25, 0.3) is 0 Å². The van der Waals surface area contributed by atoms with Crippen LogP contribution >= 0.6 is 0 Å². The number of hydrogen-bond donors (Lipinski definition) is 0. The van der Waals surface area contributed by atoms with E-state index in [9.17, 15) is 0 Å². The number of nitrogens with zero attached hydrogens (tertiary/aromatic N) is 2. The molecule has 14 heavy (non-hydrogen) atoms. The minimum Gasteiger partial charge on any atom is -0.369 e. The van der Waals surface area contributed by atoms with Crippen molar-refractivity contribution >= 4 is 5.69 Å². The Balaban J connectivity index is 2.08. The molecule has 2 nitrogen and oxygen atoms in total. The Labute approximate surface area is 86.1 Å². The molecule has 0 bridgehead atoms. The molecule has 0 spiro atoms. The Morgan fingerprint density at radius 2 is 1.79 bits per heavy atom. The average Bonchev–Trinajstić information content (AvgIpc) is 2.19. The molecule has 0 N–H and O–H groups in total. The summed E-state index contributed by atoms with van der Waals surface area (Å²) in [6.07, 6.45) is 0. The van der Waals surface area contributed by atoms with Crippen LogP contribution in [0.3, 0.4) is 0 Å². The van der Waals surface area contributed by atoms with E-state index in [-0.39, 0.29) is 0 Å². The Morgan fingerprint density at radius 1 is 1.07 bits per heavy atom. The van der Waals surface area contributed by atoms with Crippen molar-refractivity contribution < 1.29 is 0 Å². The summed E-state index contributed by atoms with van der Waals surface area (Å²) in [5, 5.41) is 0. The van der Waals surface area contributed by atoms with Crippen molar-refractivity contribution in [2.75, 3.05) is 38.1 Å². The van der Waals surface area contributed by atoms with Crippen LogP contribution in [0.15, 0.2) is 24.3 Å². The summed E-state index contributed by atoms with van der Waals surface area (Å²) in [4.78, 5) is 4.85. The highest BCUT2D eigenvalue weighted by atomic mass is 15.2. The summed E-state index contributed by atoms with van der Waals surface area (Å²) in [5.74, 6) is 0. The number of rotatable bonds is 1. The lowest BCUT2D eigenvalue weighted by Crippen LogP contribution is -2.44. The predicted octanol–water partition coefficient (Wildman–Crippen LogP) is 1.75. The zero-order valence-corrected chi connectivity index (χ0v) is 9.03. The van der Waals surface area contributed by atoms with Gasteiger partial charge in [-0.05, 0) is 31.7 Å². The van der Waals surface area contributed by atoms with E-state index in [0.717, 1.165) is 13.1 Å². The van der Waals surface area contributed by atoms with Gasteiger partial charge in [0.15, 0.2) is 0 Å². The van der Waals surface area contributed by atoms with Crippen LogP contribution in [0.4, 0.5) is 5.69 Å². The number of anilines is 1. The molecule has 1 heterocycles. The van der Waals surface area contributed by atoms with E-state index in [1.54, 1.807) is 0 Å². The fourth-order valence-corrected chi connectivity index (χ4v) is 1.89. The largest absolute Gasteiger partial charge is 0.369 e. The van der Waals surface area contributed by atoms with Crippen molar-refractivity contribution in [2.45, 2.75) is 6.92 Å². The second kappa shape index (κ2) is 4.01. The zero-order chi connectivity index (χ0) is 9.97. The molecule has 0 amide bonds. The molecular formula is C12H18N2. The van der Waals surface area contributed by atoms with Gasteiger partial charge in [-0.1, -0.05) is 12.1 Å². The number of aryl methyl sites for hydroxylation is 1. The van der Waals surface area contributed by atoms with E-state index in [1.807, 2.05) is 0 Å². The van der Waals surface area contributed by atoms with Crippen molar-refractivity contribution in [3.63, 3.8) is 0 Å². The fraction of sp³-hybridized carbons (Fsp3) is 0.500. The van der Waals surface area contributed by atoms with Crippen molar-refractivity contribution in [3.05, 3.63) is 29.8 Å². The molecular weight excluding hydrogens is 172 g/mol. The highest BCUT2D eigenvalue weighted by Crippen LogP contribution is 2.17. The maximum absolute atomic E-state index is 2.47. The van der Waals surface area contributed by atoms with Crippen molar-refractivity contribution in [3.8, 4) is 0 Å². The van der Waals surface area contributed by atoms with E-state index in [4.69, 9.17) is 0 Å². The standard InChI is InChI=1S/C12H18N2/c1-11-4-3-5-12(10-11)14-8-6-13(2)7-9-14/h3-5,10H,6-9H2,1-2H3. The predicted molar refractivity (Wildman–Crippen MR) is 60.9 cm³/mol. The van der Waals surface area contributed by atoms with Crippen LogP contribution in [0.5, 0.6) is 0 Å². The molecule has 0 atom stereocenters. The molecule has 0 saturated carbocycles. The summed E-state index contributed by atoms with van der Waals surface area (Å²) in [6.45, 7) is 6.81. The second-order valence-corrected chi connectivity index (χ2v) is 4.13. The normalized spacial score (nSPS) is 18.6. The third-order valence-electron chi connectivity index (χ3n) is 2.87. The molecule has 1 aliphatic rings. The van der Waals surface area contributed by atoms with Gasteiger partial charge in [0.1, 0.15) is 0 Å². The quantitative estimate of drug-likeness (QED) is 0.665. The lowest BCUT2D eigenvalue weighted by atomic mass is 10.2. The van der Waals surface area contributed by atoms with Crippen molar-refractivity contribution in [2.24, 2.45) is 0 Å². The highest BCUT2D eigenvalue weighted by Gasteiger charge is 2.13. The minimum absolute atomic E-state index is 1.15. The number of benzene rings is 1. The first-order valence-corrected chi connectivity index (χ1v) is 5.26. The van der Waals surface area contributed by atoms with Crippen LogP contribution in [0.1, 0.15) is 5.56 Å². The van der Waals surface area contributed by atoms with Crippen LogP contribution in [0, 0.1) is 6.92 Å². The lowest BCUT2D eigenvalue weighted by molar-refractivity contribution is 0.313. The smallest absolute Gasteiger partial charge is 0.0369 e. The monoisotopic (exact) mass is 190 g/mol. The van der Waals surface area contributed by atoms with Gasteiger partial charge in [-0.15, -0.1) is 0 Å². The lowest BCUT2D eigenvalue weighted by Gasteiger charge is -2.34. The highest BCUT2D eigenvalue weighted by molar-refractivity contribution is 5.48. The number of likely N-dealkylation sites (N-methyl/N-ethyl adjacent to an activating group) is 1. The van der Waals surface area contributed by atoms with E-state index < -0.39 is 0 Å². The Bertz CT molecular complexity index is 301. The van der Waals surface area contributed by atoms with Crippen LogP contribution in [-0.2, 0) is 0 Å². The van der Waals surface area contributed by atoms with E-state index >= 15 is 0 Å². The number of hydrogen-bond acceptors (Lipinski definition) is 2. The first-order chi connectivity index (χ1) is 6.75. The summed E-state index contributed by atoms with van der Waals surface area (Å²) < 4.78 is 0. The van der Waals surface area contributed by atoms with Gasteiger partial charge in [0.05, 0.1) is 0 Å². The third-order valence-corrected chi connectivity index (χ3v) is 2.87. The van der Waals surface area contributed by atoms with E-state index in [0.29, 0.717) is 0 Å². The first-order valence-electron chi connectivity index (χ1n) is 5.26. The van der Waals surface area contributed by atoms with Crippen LogP contribution in [0.2, 0.25) is 0 Å². The van der Waals surface area contributed by atoms with Gasteiger partial charge in [-0.2, -0.15) is 0 Å². The van der Waals surface area contributed by atoms with E-state index in [1.165, 1.54) is 24.3 Å². The zero-order valence-electron chi connectivity index (χ0n) is 9.03. The molecule has 1 saturated heterocycles. The molecule has 2 rings (SSSR count). The van der Waals surface area contributed by atoms with Crippen molar-refractivity contribution in [1.82, 2.24) is 4.90 Å². The molecule has 76 valence electrons. The average molecular weight is 190 g/mol. The first kappa shape index (κ1) is 9.53. The molecule has 0 radical (unpaired) electrons. The van der Waals surface area contributed by atoms with Gasteiger partial charge in [-0.3, -0.25) is 0 Å². The van der Waals surface area contributed by atoms with Gasteiger partial charge in [0.25, 0.3) is 0 Å².